The number of nitrogens with one attached hydrogen (secondary N) is 1. The van der Waals surface area contributed by atoms with Crippen LogP contribution in [-0.4, -0.2) is 31.9 Å². The van der Waals surface area contributed by atoms with E-state index in [0.717, 1.165) is 11.3 Å². The second kappa shape index (κ2) is 9.55. The third kappa shape index (κ3) is 4.33. The zero-order valence-corrected chi connectivity index (χ0v) is 19.6. The predicted octanol–water partition coefficient (Wildman–Crippen LogP) is 4.16. The fraction of sp³-hybridized carbons (Fsp3) is 0.296. The monoisotopic (exact) mass is 461 g/mol. The molecule has 2 aromatic rings. The lowest BCUT2D eigenvalue weighted by Gasteiger charge is -2.36. The van der Waals surface area contributed by atoms with Crippen LogP contribution in [0.25, 0.3) is 0 Å². The molecule has 0 bridgehead atoms. The van der Waals surface area contributed by atoms with Gasteiger partial charge in [-0.2, -0.15) is 0 Å². The average Bonchev–Trinajstić information content (AvgIpc) is 2.83. The number of hydrogen-bond donors (Lipinski definition) is 1. The Bertz CT molecular complexity index is 1210. The molecule has 0 aromatic heterocycles. The molecule has 2 atom stereocenters. The van der Waals surface area contributed by atoms with Gasteiger partial charge in [-0.05, 0) is 42.5 Å². The number of ether oxygens (including phenoxy) is 3. The van der Waals surface area contributed by atoms with Crippen LogP contribution in [0.1, 0.15) is 49.7 Å². The van der Waals surface area contributed by atoms with Gasteiger partial charge in [-0.15, -0.1) is 0 Å². The third-order valence-corrected chi connectivity index (χ3v) is 6.28. The summed E-state index contributed by atoms with van der Waals surface area (Å²) in [5, 5.41) is 3.32. The molecule has 2 aromatic carbocycles. The lowest BCUT2D eigenvalue weighted by atomic mass is 9.71. The number of allylic oxidation sites excluding steroid dienone is 3. The van der Waals surface area contributed by atoms with Crippen LogP contribution in [0.15, 0.2) is 71.1 Å². The van der Waals surface area contributed by atoms with Gasteiger partial charge in [0.05, 0.1) is 19.8 Å². The molecule has 2 aliphatic rings. The minimum absolute atomic E-state index is 0.0236. The molecular formula is C27H27NO6. The summed E-state index contributed by atoms with van der Waals surface area (Å²) >= 11 is 0. The lowest BCUT2D eigenvalue weighted by molar-refractivity contribution is -0.136. The van der Waals surface area contributed by atoms with Crippen molar-refractivity contribution in [3.05, 3.63) is 82.2 Å². The highest BCUT2D eigenvalue weighted by Crippen LogP contribution is 2.46. The highest BCUT2D eigenvalue weighted by atomic mass is 16.6. The van der Waals surface area contributed by atoms with E-state index in [0.29, 0.717) is 41.0 Å². The van der Waals surface area contributed by atoms with E-state index in [4.69, 9.17) is 14.2 Å². The zero-order chi connectivity index (χ0) is 24.4. The Labute approximate surface area is 198 Å². The fourth-order valence-electron chi connectivity index (χ4n) is 4.82. The largest absolute Gasteiger partial charge is 0.493 e. The molecule has 1 aliphatic heterocycles. The first-order valence-electron chi connectivity index (χ1n) is 11.1. The van der Waals surface area contributed by atoms with E-state index < -0.39 is 17.9 Å². The van der Waals surface area contributed by atoms with Crippen LogP contribution in [0.2, 0.25) is 0 Å². The summed E-state index contributed by atoms with van der Waals surface area (Å²) < 4.78 is 15.7. The molecule has 1 heterocycles. The first-order chi connectivity index (χ1) is 16.3. The number of Topliss-reactive ketones (excluding diaryl/α,β-unsaturated/α-hetero) is 1. The van der Waals surface area contributed by atoms with E-state index in [2.05, 4.69) is 5.32 Å². The van der Waals surface area contributed by atoms with Crippen LogP contribution in [0, 0.1) is 0 Å². The Morgan fingerprint density at radius 1 is 0.971 bits per heavy atom. The maximum Gasteiger partial charge on any atom is 0.336 e. The van der Waals surface area contributed by atoms with Crippen molar-refractivity contribution in [2.45, 2.75) is 38.5 Å². The standard InChI is InChI=1S/C27H27NO6/c1-15-24(27(31)33-4)25(18-10-11-22(34-16(2)29)23(14-18)32-3)26-20(28-15)12-19(13-21(26)30)17-8-6-5-7-9-17/h5-11,14,19,25,28H,12-13H2,1-4H3/t19-,25-/m1/s1. The molecule has 7 nitrogen and oxygen atoms in total. The normalized spacial score (nSPS) is 19.8. The Balaban J connectivity index is 1.82. The van der Waals surface area contributed by atoms with Crippen molar-refractivity contribution in [3.8, 4) is 11.5 Å². The summed E-state index contributed by atoms with van der Waals surface area (Å²) in [5.74, 6) is -0.991. The second-order valence-electron chi connectivity index (χ2n) is 8.42. The molecule has 0 fully saturated rings. The maximum absolute atomic E-state index is 13.6. The van der Waals surface area contributed by atoms with Gasteiger partial charge < -0.3 is 19.5 Å². The van der Waals surface area contributed by atoms with Gasteiger partial charge in [-0.25, -0.2) is 4.79 Å². The summed E-state index contributed by atoms with van der Waals surface area (Å²) in [6.45, 7) is 3.12. The number of dihydropyridines is 1. The van der Waals surface area contributed by atoms with E-state index in [1.54, 1.807) is 18.2 Å². The number of rotatable bonds is 5. The van der Waals surface area contributed by atoms with Gasteiger partial charge in [-0.1, -0.05) is 36.4 Å². The van der Waals surface area contributed by atoms with Gasteiger partial charge in [0, 0.05) is 36.2 Å². The summed E-state index contributed by atoms with van der Waals surface area (Å²) in [6.07, 6.45) is 0.993. The van der Waals surface area contributed by atoms with Crippen LogP contribution >= 0.6 is 0 Å². The molecule has 0 spiro atoms. The smallest absolute Gasteiger partial charge is 0.336 e. The molecular weight excluding hydrogens is 434 g/mol. The van der Waals surface area contributed by atoms with Gasteiger partial charge in [-0.3, -0.25) is 9.59 Å². The number of carbonyl (C=O) groups is 3. The molecule has 0 unspecified atom stereocenters. The number of benzene rings is 2. The van der Waals surface area contributed by atoms with Gasteiger partial charge >= 0.3 is 11.9 Å². The summed E-state index contributed by atoms with van der Waals surface area (Å²) in [6, 6.07) is 15.0. The van der Waals surface area contributed by atoms with E-state index in [-0.39, 0.29) is 17.5 Å². The summed E-state index contributed by atoms with van der Waals surface area (Å²) in [7, 11) is 2.79. The van der Waals surface area contributed by atoms with Crippen molar-refractivity contribution >= 4 is 17.7 Å². The van der Waals surface area contributed by atoms with Crippen LogP contribution in [0.4, 0.5) is 0 Å². The van der Waals surface area contributed by atoms with Crippen LogP contribution in [0.3, 0.4) is 0 Å². The highest BCUT2D eigenvalue weighted by molar-refractivity contribution is 6.04. The minimum Gasteiger partial charge on any atom is -0.493 e. The SMILES string of the molecule is COC(=O)C1=C(C)NC2=C(C(=O)C[C@H](c3ccccc3)C2)[C@@H]1c1ccc(OC(C)=O)c(OC)c1. The zero-order valence-electron chi connectivity index (χ0n) is 19.6. The fourth-order valence-corrected chi connectivity index (χ4v) is 4.82. The van der Waals surface area contributed by atoms with Crippen LogP contribution in [-0.2, 0) is 19.1 Å². The highest BCUT2D eigenvalue weighted by Gasteiger charge is 2.41. The minimum atomic E-state index is -0.631. The first-order valence-corrected chi connectivity index (χ1v) is 11.1. The molecule has 34 heavy (non-hydrogen) atoms. The van der Waals surface area contributed by atoms with Gasteiger partial charge in [0.2, 0.25) is 0 Å². The lowest BCUT2D eigenvalue weighted by Crippen LogP contribution is -2.36. The summed E-state index contributed by atoms with van der Waals surface area (Å²) in [4.78, 5) is 37.9. The Kier molecular flexibility index (Phi) is 6.54. The van der Waals surface area contributed by atoms with Gasteiger partial charge in [0.15, 0.2) is 17.3 Å². The molecule has 4 rings (SSSR count). The van der Waals surface area contributed by atoms with E-state index >= 15 is 0 Å². The quantitative estimate of drug-likeness (QED) is 0.528. The molecule has 0 saturated carbocycles. The van der Waals surface area contributed by atoms with E-state index in [9.17, 15) is 14.4 Å². The maximum atomic E-state index is 13.6. The van der Waals surface area contributed by atoms with Crippen molar-refractivity contribution in [2.24, 2.45) is 0 Å². The number of hydrogen-bond acceptors (Lipinski definition) is 7. The Hall–Kier alpha value is -3.87. The van der Waals surface area contributed by atoms with Crippen molar-refractivity contribution < 1.29 is 28.6 Å². The molecule has 1 N–H and O–H groups in total. The van der Waals surface area contributed by atoms with Crippen molar-refractivity contribution in [1.29, 1.82) is 0 Å². The third-order valence-electron chi connectivity index (χ3n) is 6.28. The summed E-state index contributed by atoms with van der Waals surface area (Å²) in [5.41, 5.74) is 4.15. The predicted molar refractivity (Wildman–Crippen MR) is 125 cm³/mol. The van der Waals surface area contributed by atoms with Crippen molar-refractivity contribution in [1.82, 2.24) is 5.32 Å². The Morgan fingerprint density at radius 3 is 2.35 bits per heavy atom. The molecule has 0 amide bonds. The van der Waals surface area contributed by atoms with Crippen molar-refractivity contribution in [2.75, 3.05) is 14.2 Å². The number of ketones is 1. The number of carbonyl (C=O) groups excluding carboxylic acids is 3. The van der Waals surface area contributed by atoms with Gasteiger partial charge in [0.25, 0.3) is 0 Å². The second-order valence-corrected chi connectivity index (χ2v) is 8.42. The molecule has 7 heteroatoms. The van der Waals surface area contributed by atoms with Crippen LogP contribution in [0.5, 0.6) is 11.5 Å². The molecule has 176 valence electrons. The molecule has 0 radical (unpaired) electrons. The first kappa shape index (κ1) is 23.3. The number of methoxy groups -OCH3 is 2. The number of esters is 2. The van der Waals surface area contributed by atoms with E-state index in [1.165, 1.54) is 21.1 Å². The molecule has 1 aliphatic carbocycles. The average molecular weight is 462 g/mol. The molecule has 0 saturated heterocycles. The van der Waals surface area contributed by atoms with E-state index in [1.807, 2.05) is 37.3 Å². The van der Waals surface area contributed by atoms with Gasteiger partial charge in [0.1, 0.15) is 0 Å². The van der Waals surface area contributed by atoms with Crippen LogP contribution < -0.4 is 14.8 Å². The Morgan fingerprint density at radius 2 is 1.71 bits per heavy atom. The topological polar surface area (TPSA) is 90.9 Å². The van der Waals surface area contributed by atoms with Crippen molar-refractivity contribution in [3.63, 3.8) is 0 Å².